The van der Waals surface area contributed by atoms with Crippen LogP contribution in [0.2, 0.25) is 0 Å². The highest BCUT2D eigenvalue weighted by molar-refractivity contribution is 7.92. The molecule has 1 saturated heterocycles. The lowest BCUT2D eigenvalue weighted by atomic mass is 10.1. The molecule has 1 fully saturated rings. The first kappa shape index (κ1) is 22.5. The molecule has 0 spiro atoms. The third-order valence-electron chi connectivity index (χ3n) is 5.39. The SMILES string of the molecule is CCc1cccc(NS(=O)(=O)c2cc(-c3nc(C)c(C(=O)N4CCOCC4)s3)n(C)c2)c1. The molecule has 0 bridgehead atoms. The lowest BCUT2D eigenvalue weighted by Gasteiger charge is -2.26. The normalized spacial score (nSPS) is 14.5. The number of aryl methyl sites for hydroxylation is 3. The van der Waals surface area contributed by atoms with Crippen LogP contribution in [-0.2, 0) is 28.2 Å². The number of hydrogen-bond donors (Lipinski definition) is 1. The summed E-state index contributed by atoms with van der Waals surface area (Å²) in [4.78, 5) is 19.9. The van der Waals surface area contributed by atoms with Crippen LogP contribution in [0.25, 0.3) is 10.7 Å². The maximum Gasteiger partial charge on any atom is 0.266 e. The minimum atomic E-state index is -3.77. The summed E-state index contributed by atoms with van der Waals surface area (Å²) in [6, 6.07) is 8.94. The van der Waals surface area contributed by atoms with Crippen molar-refractivity contribution in [2.75, 3.05) is 31.0 Å². The molecular formula is C22H26N4O4S2. The van der Waals surface area contributed by atoms with Crippen LogP contribution in [0.1, 0.15) is 27.9 Å². The standard InChI is InChI=1S/C22H26N4O4S2/c1-4-16-6-5-7-17(12-16)24-32(28,29)18-13-19(25(3)14-18)21-23-15(2)20(31-21)22(27)26-8-10-30-11-9-26/h5-7,12-14,24H,4,8-11H2,1-3H3. The summed E-state index contributed by atoms with van der Waals surface area (Å²) in [5.41, 5.74) is 2.86. The number of benzene rings is 1. The van der Waals surface area contributed by atoms with Crippen molar-refractivity contribution < 1.29 is 17.9 Å². The molecular weight excluding hydrogens is 448 g/mol. The van der Waals surface area contributed by atoms with Crippen LogP contribution in [0, 0.1) is 6.92 Å². The summed E-state index contributed by atoms with van der Waals surface area (Å²) in [6.45, 7) is 6.00. The van der Waals surface area contributed by atoms with Crippen LogP contribution < -0.4 is 4.72 Å². The number of nitrogens with zero attached hydrogens (tertiary/aromatic N) is 3. The smallest absolute Gasteiger partial charge is 0.266 e. The highest BCUT2D eigenvalue weighted by atomic mass is 32.2. The van der Waals surface area contributed by atoms with Gasteiger partial charge in [0.05, 0.1) is 24.6 Å². The van der Waals surface area contributed by atoms with Gasteiger partial charge < -0.3 is 14.2 Å². The zero-order chi connectivity index (χ0) is 22.9. The lowest BCUT2D eigenvalue weighted by Crippen LogP contribution is -2.40. The van der Waals surface area contributed by atoms with Gasteiger partial charge in [-0.2, -0.15) is 0 Å². The minimum Gasteiger partial charge on any atom is -0.378 e. The maximum atomic E-state index is 13.0. The molecule has 3 aromatic rings. The first-order valence-corrected chi connectivity index (χ1v) is 12.7. The minimum absolute atomic E-state index is 0.0610. The second kappa shape index (κ2) is 9.05. The van der Waals surface area contributed by atoms with Crippen molar-refractivity contribution in [1.29, 1.82) is 0 Å². The van der Waals surface area contributed by atoms with E-state index in [0.717, 1.165) is 12.0 Å². The van der Waals surface area contributed by atoms with Crippen LogP contribution in [-0.4, -0.2) is 55.1 Å². The van der Waals surface area contributed by atoms with Gasteiger partial charge in [0, 0.05) is 32.0 Å². The van der Waals surface area contributed by atoms with Crippen LogP contribution in [0.15, 0.2) is 41.4 Å². The van der Waals surface area contributed by atoms with E-state index >= 15 is 0 Å². The molecule has 0 aliphatic carbocycles. The number of sulfonamides is 1. The Morgan fingerprint density at radius 3 is 2.72 bits per heavy atom. The first-order valence-electron chi connectivity index (χ1n) is 10.4. The fourth-order valence-corrected chi connectivity index (χ4v) is 5.79. The molecule has 0 radical (unpaired) electrons. The number of nitrogens with one attached hydrogen (secondary N) is 1. The number of morpholine rings is 1. The van der Waals surface area contributed by atoms with Crippen LogP contribution in [0.4, 0.5) is 5.69 Å². The second-order valence-corrected chi connectivity index (χ2v) is 10.4. The van der Waals surface area contributed by atoms with Gasteiger partial charge in [0.25, 0.3) is 15.9 Å². The van der Waals surface area contributed by atoms with E-state index in [1.54, 1.807) is 41.8 Å². The topological polar surface area (TPSA) is 93.5 Å². The fraction of sp³-hybridized carbons (Fsp3) is 0.364. The number of anilines is 1. The molecule has 0 unspecified atom stereocenters. The van der Waals surface area contributed by atoms with Crippen molar-refractivity contribution >= 4 is 33.0 Å². The Morgan fingerprint density at radius 2 is 2.00 bits per heavy atom. The Morgan fingerprint density at radius 1 is 1.25 bits per heavy atom. The van der Waals surface area contributed by atoms with Crippen molar-refractivity contribution in [3.05, 3.63) is 52.7 Å². The summed E-state index contributed by atoms with van der Waals surface area (Å²) >= 11 is 1.28. The Labute approximate surface area is 191 Å². The van der Waals surface area contributed by atoms with Crippen molar-refractivity contribution in [3.8, 4) is 10.7 Å². The van der Waals surface area contributed by atoms with Gasteiger partial charge in [-0.1, -0.05) is 19.1 Å². The molecule has 4 rings (SSSR count). The van der Waals surface area contributed by atoms with Gasteiger partial charge in [-0.15, -0.1) is 11.3 Å². The molecule has 2 aromatic heterocycles. The van der Waals surface area contributed by atoms with E-state index in [9.17, 15) is 13.2 Å². The maximum absolute atomic E-state index is 13.0. The van der Waals surface area contributed by atoms with Gasteiger partial charge in [-0.25, -0.2) is 13.4 Å². The number of ether oxygens (including phenoxy) is 1. The summed E-state index contributed by atoms with van der Waals surface area (Å²) in [6.07, 6.45) is 2.38. The predicted octanol–water partition coefficient (Wildman–Crippen LogP) is 3.29. The Kier molecular flexibility index (Phi) is 6.36. The van der Waals surface area contributed by atoms with E-state index in [-0.39, 0.29) is 10.8 Å². The largest absolute Gasteiger partial charge is 0.378 e. The van der Waals surface area contributed by atoms with Crippen LogP contribution in [0.3, 0.4) is 0 Å². The number of amides is 1. The fourth-order valence-electron chi connectivity index (χ4n) is 3.58. The van der Waals surface area contributed by atoms with E-state index in [1.165, 1.54) is 11.3 Å². The molecule has 1 aliphatic heterocycles. The summed E-state index contributed by atoms with van der Waals surface area (Å²) < 4.78 is 35.6. The van der Waals surface area contributed by atoms with Crippen LogP contribution in [0.5, 0.6) is 0 Å². The lowest BCUT2D eigenvalue weighted by molar-refractivity contribution is 0.0305. The van der Waals surface area contributed by atoms with Crippen molar-refractivity contribution in [2.24, 2.45) is 7.05 Å². The third-order valence-corrected chi connectivity index (χ3v) is 7.90. The molecule has 8 nitrogen and oxygen atoms in total. The quantitative estimate of drug-likeness (QED) is 0.592. The van der Waals surface area contributed by atoms with E-state index in [1.807, 2.05) is 25.1 Å². The van der Waals surface area contributed by atoms with Crippen molar-refractivity contribution in [2.45, 2.75) is 25.2 Å². The van der Waals surface area contributed by atoms with Gasteiger partial charge in [0.2, 0.25) is 0 Å². The number of hydrogen-bond acceptors (Lipinski definition) is 6. The number of thiazole rings is 1. The monoisotopic (exact) mass is 474 g/mol. The summed E-state index contributed by atoms with van der Waals surface area (Å²) in [7, 11) is -2.00. The van der Waals surface area contributed by atoms with Crippen molar-refractivity contribution in [1.82, 2.24) is 14.5 Å². The molecule has 1 aromatic carbocycles. The first-order chi connectivity index (χ1) is 15.3. The molecule has 0 saturated carbocycles. The average molecular weight is 475 g/mol. The van der Waals surface area contributed by atoms with Crippen LogP contribution >= 0.6 is 11.3 Å². The molecule has 170 valence electrons. The van der Waals surface area contributed by atoms with Gasteiger partial charge >= 0.3 is 0 Å². The molecule has 1 amide bonds. The van der Waals surface area contributed by atoms with E-state index in [4.69, 9.17) is 4.74 Å². The van der Waals surface area contributed by atoms with E-state index in [0.29, 0.717) is 53.3 Å². The molecule has 1 N–H and O–H groups in total. The molecule has 32 heavy (non-hydrogen) atoms. The Bertz CT molecular complexity index is 1240. The van der Waals surface area contributed by atoms with Gasteiger partial charge in [-0.05, 0) is 37.1 Å². The molecule has 1 aliphatic rings. The highest BCUT2D eigenvalue weighted by Gasteiger charge is 2.25. The van der Waals surface area contributed by atoms with Gasteiger partial charge in [0.1, 0.15) is 14.8 Å². The number of aromatic nitrogens is 2. The molecule has 3 heterocycles. The summed E-state index contributed by atoms with van der Waals surface area (Å²) in [5.74, 6) is -0.0610. The van der Waals surface area contributed by atoms with E-state index < -0.39 is 10.0 Å². The Balaban J connectivity index is 1.60. The van der Waals surface area contributed by atoms with Crippen molar-refractivity contribution in [3.63, 3.8) is 0 Å². The highest BCUT2D eigenvalue weighted by Crippen LogP contribution is 2.31. The average Bonchev–Trinajstić information content (AvgIpc) is 3.36. The Hall–Kier alpha value is -2.69. The second-order valence-electron chi connectivity index (χ2n) is 7.67. The molecule has 10 heteroatoms. The zero-order valence-electron chi connectivity index (χ0n) is 18.3. The number of carbonyl (C=O) groups excluding carboxylic acids is 1. The number of rotatable bonds is 6. The van der Waals surface area contributed by atoms with Gasteiger partial charge in [-0.3, -0.25) is 9.52 Å². The zero-order valence-corrected chi connectivity index (χ0v) is 19.9. The van der Waals surface area contributed by atoms with Gasteiger partial charge in [0.15, 0.2) is 0 Å². The summed E-state index contributed by atoms with van der Waals surface area (Å²) in [5, 5.41) is 0.607. The van der Waals surface area contributed by atoms with E-state index in [2.05, 4.69) is 9.71 Å². The molecule has 0 atom stereocenters. The predicted molar refractivity (Wildman–Crippen MR) is 125 cm³/mol. The third kappa shape index (κ3) is 4.57. The number of carbonyl (C=O) groups is 1.